The van der Waals surface area contributed by atoms with Gasteiger partial charge in [0.25, 0.3) is 5.56 Å². The fourth-order valence-electron chi connectivity index (χ4n) is 1.94. The molecule has 2 rings (SSSR count). The van der Waals surface area contributed by atoms with Crippen molar-refractivity contribution < 1.29 is 4.74 Å². The van der Waals surface area contributed by atoms with E-state index < -0.39 is 0 Å². The number of aromatic nitrogens is 1. The van der Waals surface area contributed by atoms with Crippen LogP contribution in [0.2, 0.25) is 5.02 Å². The molecule has 5 heteroatoms. The van der Waals surface area contributed by atoms with Crippen molar-refractivity contribution in [2.75, 3.05) is 0 Å². The van der Waals surface area contributed by atoms with Gasteiger partial charge in [-0.1, -0.05) is 31.2 Å². The molecular weight excluding hydrogens is 288 g/mol. The first-order valence-electron chi connectivity index (χ1n) is 6.34. The van der Waals surface area contributed by atoms with Crippen LogP contribution in [0.15, 0.2) is 35.8 Å². The molecular formula is C16H13ClN2O2. The summed E-state index contributed by atoms with van der Waals surface area (Å²) in [4.78, 5) is 14.5. The maximum absolute atomic E-state index is 11.8. The SMILES string of the molecule is C=Cc1c(Oc2cc(Cl)cc(C#N)c2)c(CC)c[nH]c1=O. The van der Waals surface area contributed by atoms with Crippen LogP contribution in [0.25, 0.3) is 6.08 Å². The molecule has 4 nitrogen and oxygen atoms in total. The van der Waals surface area contributed by atoms with E-state index >= 15 is 0 Å². The molecule has 0 aliphatic carbocycles. The van der Waals surface area contributed by atoms with Crippen molar-refractivity contribution in [3.63, 3.8) is 0 Å². The van der Waals surface area contributed by atoms with E-state index in [1.165, 1.54) is 6.08 Å². The molecule has 106 valence electrons. The second-order valence-electron chi connectivity index (χ2n) is 4.33. The minimum absolute atomic E-state index is 0.278. The highest BCUT2D eigenvalue weighted by molar-refractivity contribution is 6.30. The quantitative estimate of drug-likeness (QED) is 0.931. The third-order valence-corrected chi connectivity index (χ3v) is 3.18. The first-order valence-corrected chi connectivity index (χ1v) is 6.72. The molecule has 0 atom stereocenters. The van der Waals surface area contributed by atoms with Crippen LogP contribution in [-0.4, -0.2) is 4.98 Å². The van der Waals surface area contributed by atoms with Gasteiger partial charge in [0, 0.05) is 16.8 Å². The number of pyridine rings is 1. The number of H-pyrrole nitrogens is 1. The summed E-state index contributed by atoms with van der Waals surface area (Å²) in [6.07, 6.45) is 3.74. The molecule has 0 aliphatic heterocycles. The fraction of sp³-hybridized carbons (Fsp3) is 0.125. The smallest absolute Gasteiger partial charge is 0.258 e. The Hall–Kier alpha value is -2.51. The number of benzene rings is 1. The summed E-state index contributed by atoms with van der Waals surface area (Å²) < 4.78 is 5.80. The second-order valence-corrected chi connectivity index (χ2v) is 4.77. The molecule has 1 aromatic heterocycles. The van der Waals surface area contributed by atoms with Gasteiger partial charge in [0.1, 0.15) is 11.5 Å². The molecule has 0 fully saturated rings. The maximum Gasteiger partial charge on any atom is 0.258 e. The van der Waals surface area contributed by atoms with Crippen LogP contribution in [0.5, 0.6) is 11.5 Å². The number of nitrogens with zero attached hydrogens (tertiary/aromatic N) is 1. The normalized spacial score (nSPS) is 9.95. The molecule has 0 amide bonds. The van der Waals surface area contributed by atoms with Gasteiger partial charge in [-0.3, -0.25) is 4.79 Å². The lowest BCUT2D eigenvalue weighted by molar-refractivity contribution is 0.474. The van der Waals surface area contributed by atoms with Crippen molar-refractivity contribution in [2.24, 2.45) is 0 Å². The van der Waals surface area contributed by atoms with Gasteiger partial charge in [-0.2, -0.15) is 5.26 Å². The van der Waals surface area contributed by atoms with Gasteiger partial charge < -0.3 is 9.72 Å². The van der Waals surface area contributed by atoms with Crippen molar-refractivity contribution in [1.82, 2.24) is 4.98 Å². The summed E-state index contributed by atoms with van der Waals surface area (Å²) in [7, 11) is 0. The Morgan fingerprint density at radius 1 is 1.48 bits per heavy atom. The van der Waals surface area contributed by atoms with Crippen LogP contribution in [0.4, 0.5) is 0 Å². The zero-order valence-corrected chi connectivity index (χ0v) is 12.2. The summed E-state index contributed by atoms with van der Waals surface area (Å²) >= 11 is 5.95. The standard InChI is InChI=1S/C16H13ClN2O2/c1-3-11-9-19-16(20)14(4-2)15(11)21-13-6-10(8-18)5-12(17)7-13/h4-7,9H,2-3H2,1H3,(H,19,20). The minimum atomic E-state index is -0.278. The number of aryl methyl sites for hydroxylation is 1. The maximum atomic E-state index is 11.8. The van der Waals surface area contributed by atoms with E-state index in [2.05, 4.69) is 11.6 Å². The Balaban J connectivity index is 2.56. The number of rotatable bonds is 4. The van der Waals surface area contributed by atoms with E-state index in [4.69, 9.17) is 21.6 Å². The van der Waals surface area contributed by atoms with E-state index in [-0.39, 0.29) is 5.56 Å². The van der Waals surface area contributed by atoms with E-state index in [1.807, 2.05) is 13.0 Å². The van der Waals surface area contributed by atoms with Crippen molar-refractivity contribution in [1.29, 1.82) is 5.26 Å². The second kappa shape index (κ2) is 6.29. The van der Waals surface area contributed by atoms with Crippen LogP contribution in [0.3, 0.4) is 0 Å². The Morgan fingerprint density at radius 2 is 2.24 bits per heavy atom. The molecule has 0 spiro atoms. The zero-order valence-electron chi connectivity index (χ0n) is 11.4. The largest absolute Gasteiger partial charge is 0.456 e. The number of nitrogens with one attached hydrogen (secondary N) is 1. The van der Waals surface area contributed by atoms with Gasteiger partial charge in [0.05, 0.1) is 17.2 Å². The fourth-order valence-corrected chi connectivity index (χ4v) is 2.17. The Morgan fingerprint density at radius 3 is 2.86 bits per heavy atom. The van der Waals surface area contributed by atoms with Gasteiger partial charge in [-0.15, -0.1) is 0 Å². The summed E-state index contributed by atoms with van der Waals surface area (Å²) in [5.41, 5.74) is 1.30. The van der Waals surface area contributed by atoms with Gasteiger partial charge in [0.15, 0.2) is 0 Å². The van der Waals surface area contributed by atoms with E-state index in [9.17, 15) is 4.79 Å². The molecule has 0 aliphatic rings. The molecule has 1 heterocycles. The predicted octanol–water partition coefficient (Wildman–Crippen LogP) is 3.90. The van der Waals surface area contributed by atoms with Gasteiger partial charge in [-0.05, 0) is 24.6 Å². The van der Waals surface area contributed by atoms with Crippen LogP contribution < -0.4 is 10.3 Å². The molecule has 0 saturated carbocycles. The van der Waals surface area contributed by atoms with Crippen molar-refractivity contribution in [2.45, 2.75) is 13.3 Å². The van der Waals surface area contributed by atoms with E-state index in [1.54, 1.807) is 24.4 Å². The number of ether oxygens (including phenoxy) is 1. The zero-order chi connectivity index (χ0) is 15.4. The molecule has 0 unspecified atom stereocenters. The predicted molar refractivity (Wildman–Crippen MR) is 82.8 cm³/mol. The third-order valence-electron chi connectivity index (χ3n) is 2.96. The van der Waals surface area contributed by atoms with Gasteiger partial charge in [-0.25, -0.2) is 0 Å². The first kappa shape index (κ1) is 14.9. The minimum Gasteiger partial charge on any atom is -0.456 e. The number of hydrogen-bond donors (Lipinski definition) is 1. The highest BCUT2D eigenvalue weighted by Crippen LogP contribution is 2.30. The number of aromatic amines is 1. The van der Waals surface area contributed by atoms with E-state index in [0.717, 1.165) is 5.56 Å². The van der Waals surface area contributed by atoms with Crippen LogP contribution in [0.1, 0.15) is 23.6 Å². The van der Waals surface area contributed by atoms with Crippen LogP contribution in [0, 0.1) is 11.3 Å². The van der Waals surface area contributed by atoms with Crippen molar-refractivity contribution in [3.05, 3.63) is 63.0 Å². The average molecular weight is 301 g/mol. The van der Waals surface area contributed by atoms with Crippen LogP contribution >= 0.6 is 11.6 Å². The monoisotopic (exact) mass is 300 g/mol. The van der Waals surface area contributed by atoms with Crippen LogP contribution in [-0.2, 0) is 6.42 Å². The molecule has 21 heavy (non-hydrogen) atoms. The van der Waals surface area contributed by atoms with Crippen molar-refractivity contribution in [3.8, 4) is 17.6 Å². The lowest BCUT2D eigenvalue weighted by Crippen LogP contribution is -2.12. The Kier molecular flexibility index (Phi) is 4.46. The molecule has 0 bridgehead atoms. The number of halogens is 1. The number of nitriles is 1. The van der Waals surface area contributed by atoms with Gasteiger partial charge >= 0.3 is 0 Å². The highest BCUT2D eigenvalue weighted by atomic mass is 35.5. The summed E-state index contributed by atoms with van der Waals surface area (Å²) in [6.45, 7) is 5.59. The highest BCUT2D eigenvalue weighted by Gasteiger charge is 2.12. The molecule has 0 radical (unpaired) electrons. The average Bonchev–Trinajstić information content (AvgIpc) is 2.47. The number of hydrogen-bond acceptors (Lipinski definition) is 3. The van der Waals surface area contributed by atoms with Crippen molar-refractivity contribution >= 4 is 17.7 Å². The topological polar surface area (TPSA) is 65.9 Å². The summed E-state index contributed by atoms with van der Waals surface area (Å²) in [5, 5.41) is 9.36. The summed E-state index contributed by atoms with van der Waals surface area (Å²) in [5.74, 6) is 0.838. The Labute approximate surface area is 127 Å². The van der Waals surface area contributed by atoms with Gasteiger partial charge in [0.2, 0.25) is 0 Å². The Bertz CT molecular complexity index is 788. The molecule has 0 saturated heterocycles. The first-order chi connectivity index (χ1) is 10.1. The molecule has 1 aromatic carbocycles. The molecule has 2 aromatic rings. The molecule has 1 N–H and O–H groups in total. The lowest BCUT2D eigenvalue weighted by Gasteiger charge is -2.13. The summed E-state index contributed by atoms with van der Waals surface area (Å²) in [6, 6.07) is 6.72. The third kappa shape index (κ3) is 3.15. The lowest BCUT2D eigenvalue weighted by atomic mass is 10.1. The van der Waals surface area contributed by atoms with E-state index in [0.29, 0.717) is 34.1 Å².